The number of hydrogen-bond donors (Lipinski definition) is 2. The van der Waals surface area contributed by atoms with Gasteiger partial charge in [-0.15, -0.1) is 0 Å². The normalized spacial score (nSPS) is 14.1. The smallest absolute Gasteiger partial charge is 0.388 e. The highest BCUT2D eigenvalue weighted by molar-refractivity contribution is 6.01. The predicted molar refractivity (Wildman–Crippen MR) is 186 cm³/mol. The summed E-state index contributed by atoms with van der Waals surface area (Å²) in [5, 5.41) is 23.5. The number of carbonyl (C=O) groups is 2. The molecular formula is C36H32F7N11O3. The molecular weight excluding hydrogens is 767 g/mol. The van der Waals surface area contributed by atoms with Gasteiger partial charge in [0.05, 0.1) is 41.3 Å². The number of nitrogens with one attached hydrogen (secondary N) is 1. The Bertz CT molecular complexity index is 2490. The maximum atomic E-state index is 15.7. The monoisotopic (exact) mass is 799 g/mol. The Balaban J connectivity index is 1.22. The first-order valence-corrected chi connectivity index (χ1v) is 17.3. The third kappa shape index (κ3) is 7.65. The molecule has 1 aromatic carbocycles. The van der Waals surface area contributed by atoms with Crippen LogP contribution in [0.3, 0.4) is 0 Å². The van der Waals surface area contributed by atoms with Crippen LogP contribution < -0.4 is 5.32 Å². The standard InChI is InChI=1S/C36H32F7N11O3/c1-35(2,17-54-25(10-28(50-54)36(41,42)43)19-12-44-29(16-55)45-13-19)49-32(56)27(8-18-11-47-53(15-18)34(39)40)52-7-6-20-21(4-5-22(37)30(20)33(52)57)31-23(38)9-26-24(48-31)14-46-51(26)3/h4-5,9-15,27,34,55H,6-8,16-17H2,1-3H3,(H,49,56)/t27-/m1/s1. The number of rotatable bonds is 11. The van der Waals surface area contributed by atoms with E-state index in [1.807, 2.05) is 0 Å². The number of aryl methyl sites for hydroxylation is 1. The van der Waals surface area contributed by atoms with Gasteiger partial charge in [-0.05, 0) is 49.6 Å². The Morgan fingerprint density at radius 2 is 1.75 bits per heavy atom. The Hall–Kier alpha value is -6.25. The molecule has 0 unspecified atom stereocenters. The minimum atomic E-state index is -4.85. The number of hydrogen-bond acceptors (Lipinski definition) is 9. The summed E-state index contributed by atoms with van der Waals surface area (Å²) in [5.41, 5.74) is -2.02. The number of aliphatic hydroxyl groups excluding tert-OH is 1. The van der Waals surface area contributed by atoms with E-state index in [1.54, 1.807) is 7.05 Å². The summed E-state index contributed by atoms with van der Waals surface area (Å²) in [6, 6.07) is 2.80. The number of carbonyl (C=O) groups excluding carboxylic acids is 2. The molecule has 57 heavy (non-hydrogen) atoms. The van der Waals surface area contributed by atoms with Crippen molar-refractivity contribution in [2.45, 2.75) is 64.1 Å². The van der Waals surface area contributed by atoms with Crippen LogP contribution in [0.5, 0.6) is 0 Å². The first-order valence-electron chi connectivity index (χ1n) is 17.3. The minimum absolute atomic E-state index is 0.0274. The van der Waals surface area contributed by atoms with Crippen molar-refractivity contribution < 1.29 is 45.4 Å². The number of benzene rings is 1. The summed E-state index contributed by atoms with van der Waals surface area (Å²) < 4.78 is 102. The van der Waals surface area contributed by atoms with Crippen molar-refractivity contribution in [3.05, 3.63) is 95.1 Å². The zero-order valence-electron chi connectivity index (χ0n) is 30.3. The second kappa shape index (κ2) is 14.7. The molecule has 6 heterocycles. The zero-order valence-corrected chi connectivity index (χ0v) is 30.3. The predicted octanol–water partition coefficient (Wildman–Crippen LogP) is 4.87. The van der Waals surface area contributed by atoms with Crippen molar-refractivity contribution in [2.24, 2.45) is 7.05 Å². The van der Waals surface area contributed by atoms with Gasteiger partial charge < -0.3 is 15.3 Å². The van der Waals surface area contributed by atoms with E-state index in [0.29, 0.717) is 15.7 Å². The van der Waals surface area contributed by atoms with E-state index in [4.69, 9.17) is 0 Å². The summed E-state index contributed by atoms with van der Waals surface area (Å²) in [4.78, 5) is 41.9. The number of aromatic nitrogens is 9. The summed E-state index contributed by atoms with van der Waals surface area (Å²) in [6.07, 6.45) is 0.620. The molecule has 0 saturated carbocycles. The molecule has 2 amide bonds. The Labute approximate surface area is 318 Å². The minimum Gasteiger partial charge on any atom is -0.388 e. The van der Waals surface area contributed by atoms with Gasteiger partial charge in [0.15, 0.2) is 17.3 Å². The molecule has 1 aliphatic rings. The molecule has 5 aromatic heterocycles. The lowest BCUT2D eigenvalue weighted by Crippen LogP contribution is -2.58. The van der Waals surface area contributed by atoms with E-state index >= 15 is 8.78 Å². The van der Waals surface area contributed by atoms with Crippen LogP contribution in [-0.4, -0.2) is 84.2 Å². The third-order valence-electron chi connectivity index (χ3n) is 9.46. The van der Waals surface area contributed by atoms with Crippen molar-refractivity contribution in [2.75, 3.05) is 6.54 Å². The maximum Gasteiger partial charge on any atom is 0.435 e. The average molecular weight is 800 g/mol. The van der Waals surface area contributed by atoms with Crippen LogP contribution in [0.1, 0.15) is 53.4 Å². The van der Waals surface area contributed by atoms with Gasteiger partial charge in [0, 0.05) is 55.8 Å². The van der Waals surface area contributed by atoms with Gasteiger partial charge in [-0.25, -0.2) is 28.4 Å². The highest BCUT2D eigenvalue weighted by Crippen LogP contribution is 2.36. The molecule has 2 N–H and O–H groups in total. The lowest BCUT2D eigenvalue weighted by atomic mass is 9.90. The average Bonchev–Trinajstić information content (AvgIpc) is 3.89. The van der Waals surface area contributed by atoms with Gasteiger partial charge in [-0.2, -0.15) is 37.2 Å². The Kier molecular flexibility index (Phi) is 10.0. The largest absolute Gasteiger partial charge is 0.435 e. The van der Waals surface area contributed by atoms with Gasteiger partial charge >= 0.3 is 12.7 Å². The van der Waals surface area contributed by atoms with E-state index in [2.05, 4.69) is 35.6 Å². The topological polar surface area (TPSA) is 162 Å². The molecule has 298 valence electrons. The Morgan fingerprint density at radius 1 is 1.02 bits per heavy atom. The molecule has 21 heteroatoms. The molecule has 14 nitrogen and oxygen atoms in total. The molecule has 0 radical (unpaired) electrons. The summed E-state index contributed by atoms with van der Waals surface area (Å²) >= 11 is 0. The molecule has 0 spiro atoms. The van der Waals surface area contributed by atoms with E-state index in [-0.39, 0.29) is 65.4 Å². The maximum absolute atomic E-state index is 15.7. The summed E-state index contributed by atoms with van der Waals surface area (Å²) in [6.45, 7) is -1.12. The highest BCUT2D eigenvalue weighted by atomic mass is 19.4. The molecule has 0 fully saturated rings. The quantitative estimate of drug-likeness (QED) is 0.174. The highest BCUT2D eigenvalue weighted by Gasteiger charge is 2.40. The van der Waals surface area contributed by atoms with Gasteiger partial charge in [0.1, 0.15) is 29.7 Å². The van der Waals surface area contributed by atoms with E-state index < -0.39 is 65.6 Å². The lowest BCUT2D eigenvalue weighted by molar-refractivity contribution is -0.141. The fourth-order valence-electron chi connectivity index (χ4n) is 6.81. The van der Waals surface area contributed by atoms with Crippen molar-refractivity contribution in [3.63, 3.8) is 0 Å². The van der Waals surface area contributed by atoms with Gasteiger partial charge in [-0.3, -0.25) is 19.0 Å². The number of pyridine rings is 1. The second-order valence-electron chi connectivity index (χ2n) is 14.0. The van der Waals surface area contributed by atoms with Crippen molar-refractivity contribution in [1.82, 2.24) is 54.5 Å². The summed E-state index contributed by atoms with van der Waals surface area (Å²) in [5.74, 6) is -3.48. The fraction of sp³-hybridized carbons (Fsp3) is 0.333. The van der Waals surface area contributed by atoms with Crippen LogP contribution in [0.15, 0.2) is 55.2 Å². The second-order valence-corrected chi connectivity index (χ2v) is 14.0. The van der Waals surface area contributed by atoms with Crippen LogP contribution in [-0.2, 0) is 44.0 Å². The number of nitrogens with zero attached hydrogens (tertiary/aromatic N) is 10. The molecule has 1 aliphatic heterocycles. The molecule has 0 aliphatic carbocycles. The fourth-order valence-corrected chi connectivity index (χ4v) is 6.81. The van der Waals surface area contributed by atoms with Crippen LogP contribution in [0.4, 0.5) is 30.7 Å². The van der Waals surface area contributed by atoms with Crippen LogP contribution in [0.2, 0.25) is 0 Å². The summed E-state index contributed by atoms with van der Waals surface area (Å²) in [7, 11) is 1.61. The first kappa shape index (κ1) is 39.0. The molecule has 0 bridgehead atoms. The van der Waals surface area contributed by atoms with Gasteiger partial charge in [0.2, 0.25) is 5.91 Å². The molecule has 1 atom stereocenters. The Morgan fingerprint density at radius 3 is 2.42 bits per heavy atom. The molecule has 7 rings (SSSR count). The molecule has 6 aromatic rings. The lowest BCUT2D eigenvalue weighted by Gasteiger charge is -2.37. The number of amides is 2. The zero-order chi connectivity index (χ0) is 41.0. The van der Waals surface area contributed by atoms with Crippen molar-refractivity contribution in [3.8, 4) is 22.5 Å². The number of alkyl halides is 5. The van der Waals surface area contributed by atoms with E-state index in [1.165, 1.54) is 49.3 Å². The first-order chi connectivity index (χ1) is 26.9. The van der Waals surface area contributed by atoms with Crippen molar-refractivity contribution in [1.29, 1.82) is 0 Å². The van der Waals surface area contributed by atoms with Crippen molar-refractivity contribution >= 4 is 22.8 Å². The van der Waals surface area contributed by atoms with Crippen LogP contribution >= 0.6 is 0 Å². The van der Waals surface area contributed by atoms with Crippen LogP contribution in [0.25, 0.3) is 33.5 Å². The number of aliphatic hydroxyl groups is 1. The van der Waals surface area contributed by atoms with Gasteiger partial charge in [-0.1, -0.05) is 0 Å². The van der Waals surface area contributed by atoms with E-state index in [0.717, 1.165) is 34.1 Å². The number of halogens is 7. The van der Waals surface area contributed by atoms with Gasteiger partial charge in [0.25, 0.3) is 5.91 Å². The SMILES string of the molecule is Cn1ncc2nc(-c3ccc(F)c4c3CCN([C@H](Cc3cnn(C(F)F)c3)C(=O)NC(C)(C)Cn3nc(C(F)(F)F)cc3-c3cnc(CO)nc3)C4=O)c(F)cc21. The number of fused-ring (bicyclic) bond motifs is 2. The molecule has 0 saturated heterocycles. The third-order valence-corrected chi connectivity index (χ3v) is 9.46. The van der Waals surface area contributed by atoms with Crippen LogP contribution in [0, 0.1) is 11.6 Å². The van der Waals surface area contributed by atoms with E-state index in [9.17, 15) is 36.6 Å².